The van der Waals surface area contributed by atoms with Crippen LogP contribution < -0.4 is 20.5 Å². The first-order valence-electron chi connectivity index (χ1n) is 13.8. The summed E-state index contributed by atoms with van der Waals surface area (Å²) >= 11 is 6.06. The largest absolute Gasteiger partial charge is 0.494 e. The van der Waals surface area contributed by atoms with Gasteiger partial charge in [0.1, 0.15) is 46.4 Å². The molecule has 46 heavy (non-hydrogen) atoms. The number of pyridine rings is 1. The van der Waals surface area contributed by atoms with E-state index in [-0.39, 0.29) is 28.7 Å². The van der Waals surface area contributed by atoms with E-state index in [0.717, 1.165) is 18.9 Å². The number of halogens is 6. The highest BCUT2D eigenvalue weighted by Gasteiger charge is 2.58. The topological polar surface area (TPSA) is 142 Å². The second-order valence-electron chi connectivity index (χ2n) is 11.5. The van der Waals surface area contributed by atoms with E-state index in [2.05, 4.69) is 15.4 Å². The lowest BCUT2D eigenvalue weighted by atomic mass is 9.81. The summed E-state index contributed by atoms with van der Waals surface area (Å²) in [4.78, 5) is 29.6. The lowest BCUT2D eigenvalue weighted by Gasteiger charge is -2.31. The summed E-state index contributed by atoms with van der Waals surface area (Å²) in [5.74, 6) is -4.47. The molecule has 1 aliphatic carbocycles. The fourth-order valence-electron chi connectivity index (χ4n) is 5.29. The minimum atomic E-state index is -5.48. The van der Waals surface area contributed by atoms with Crippen LogP contribution in [-0.2, 0) is 15.8 Å². The van der Waals surface area contributed by atoms with E-state index in [1.54, 1.807) is 10.9 Å². The Morgan fingerprint density at radius 3 is 2.57 bits per heavy atom. The van der Waals surface area contributed by atoms with Crippen molar-refractivity contribution in [2.75, 3.05) is 20.3 Å². The lowest BCUT2D eigenvalue weighted by Crippen LogP contribution is -2.51. The number of hydrogen-bond acceptors (Lipinski definition) is 7. The number of rotatable bonds is 8. The van der Waals surface area contributed by atoms with Gasteiger partial charge in [0.05, 0.1) is 30.4 Å². The van der Waals surface area contributed by atoms with Crippen LogP contribution in [0.2, 0.25) is 5.02 Å². The van der Waals surface area contributed by atoms with Crippen LogP contribution in [0.15, 0.2) is 36.5 Å². The first kappa shape index (κ1) is 31.5. The number of nitrogens with two attached hydrogens (primary N) is 1. The van der Waals surface area contributed by atoms with Crippen LogP contribution in [-0.4, -0.2) is 58.1 Å². The predicted octanol–water partition coefficient (Wildman–Crippen LogP) is 4.69. The molecular weight excluding hydrogens is 641 g/mol. The highest BCUT2D eigenvalue weighted by Crippen LogP contribution is 2.49. The number of fused-ring (bicyclic) bond motifs is 2. The standard InChI is InChI=1S/C30H25ClF5N5O5/c1-28(27(37)43)12-46-25-18(28)9-21(39-24(25)17-7-15(32)8-19(33)22(17)31)29(44,30(34,35)36)11-38-26(42)13-5-14-10-41(16-3-4-16)40-23(14)20(6-13)45-2/h5-10,16,44H,3-4,11-12H2,1-2H3,(H2,37,43)(H,38,42)/t28-,29?/m0/s1. The molecule has 6 rings (SSSR count). The molecule has 2 aromatic carbocycles. The van der Waals surface area contributed by atoms with Gasteiger partial charge in [-0.2, -0.15) is 18.3 Å². The van der Waals surface area contributed by atoms with E-state index in [1.807, 2.05) is 0 Å². The van der Waals surface area contributed by atoms with Crippen molar-refractivity contribution in [1.29, 1.82) is 0 Å². The molecule has 1 saturated carbocycles. The number of primary amides is 1. The Hall–Kier alpha value is -4.50. The summed E-state index contributed by atoms with van der Waals surface area (Å²) in [5, 5.41) is 17.6. The van der Waals surface area contributed by atoms with Crippen molar-refractivity contribution >= 4 is 34.3 Å². The Morgan fingerprint density at radius 1 is 1.22 bits per heavy atom. The molecule has 2 aliphatic rings. The number of methoxy groups -OCH3 is 1. The monoisotopic (exact) mass is 665 g/mol. The van der Waals surface area contributed by atoms with E-state index in [0.29, 0.717) is 23.0 Å². The number of hydrogen-bond donors (Lipinski definition) is 3. The third kappa shape index (κ3) is 5.07. The quantitative estimate of drug-likeness (QED) is 0.183. The Labute approximate surface area is 262 Å². The number of carbonyl (C=O) groups excluding carboxylic acids is 2. The third-order valence-electron chi connectivity index (χ3n) is 8.26. The van der Waals surface area contributed by atoms with Crippen molar-refractivity contribution in [3.05, 3.63) is 70.0 Å². The van der Waals surface area contributed by atoms with Crippen molar-refractivity contribution in [2.24, 2.45) is 5.73 Å². The summed E-state index contributed by atoms with van der Waals surface area (Å²) in [6, 6.07) is 4.87. The number of ether oxygens (including phenoxy) is 2. The first-order valence-corrected chi connectivity index (χ1v) is 14.2. The molecule has 0 radical (unpaired) electrons. The lowest BCUT2D eigenvalue weighted by molar-refractivity contribution is -0.265. The number of carbonyl (C=O) groups is 2. The van der Waals surface area contributed by atoms with Gasteiger partial charge in [0.15, 0.2) is 0 Å². The molecule has 3 heterocycles. The summed E-state index contributed by atoms with van der Waals surface area (Å²) < 4.78 is 85.6. The average molecular weight is 666 g/mol. The molecule has 0 bridgehead atoms. The van der Waals surface area contributed by atoms with Crippen molar-refractivity contribution in [3.8, 4) is 22.8 Å². The summed E-state index contributed by atoms with van der Waals surface area (Å²) in [5.41, 5.74) is -2.13. The zero-order chi connectivity index (χ0) is 33.3. The molecule has 1 aliphatic heterocycles. The van der Waals surface area contributed by atoms with Crippen LogP contribution in [0, 0.1) is 11.6 Å². The zero-order valence-corrected chi connectivity index (χ0v) is 24.9. The van der Waals surface area contributed by atoms with Gasteiger partial charge in [-0.1, -0.05) is 11.6 Å². The second kappa shape index (κ2) is 10.8. The molecule has 0 spiro atoms. The van der Waals surface area contributed by atoms with Crippen LogP contribution in [0.5, 0.6) is 11.5 Å². The SMILES string of the molecule is COc1cc(C(=O)NCC(O)(c2cc3c(c(-c4cc(F)cc(F)c4Cl)n2)OC[C@]3(C)C(N)=O)C(F)(F)F)cc2cn(C3CC3)nc12. The number of amides is 2. The Balaban J connectivity index is 1.43. The molecule has 1 fully saturated rings. The van der Waals surface area contributed by atoms with Gasteiger partial charge in [-0.15, -0.1) is 0 Å². The number of nitrogens with zero attached hydrogens (tertiary/aromatic N) is 3. The number of benzene rings is 2. The van der Waals surface area contributed by atoms with Crippen LogP contribution in [0.1, 0.15) is 47.4 Å². The molecule has 0 saturated heterocycles. The maximum Gasteiger partial charge on any atom is 0.424 e. The normalized spacial score (nSPS) is 19.0. The van der Waals surface area contributed by atoms with E-state index in [9.17, 15) is 36.6 Å². The van der Waals surface area contributed by atoms with Crippen molar-refractivity contribution in [2.45, 2.75) is 43.0 Å². The Kier molecular flexibility index (Phi) is 7.39. The zero-order valence-electron chi connectivity index (χ0n) is 24.1. The van der Waals surface area contributed by atoms with Gasteiger partial charge in [0.2, 0.25) is 11.5 Å². The molecule has 2 atom stereocenters. The number of alkyl halides is 3. The van der Waals surface area contributed by atoms with E-state index >= 15 is 0 Å². The maximum atomic E-state index is 14.8. The highest BCUT2D eigenvalue weighted by atomic mass is 35.5. The number of aliphatic hydroxyl groups is 1. The van der Waals surface area contributed by atoms with E-state index < -0.39 is 75.8 Å². The van der Waals surface area contributed by atoms with Gasteiger partial charge in [0, 0.05) is 34.3 Å². The first-order chi connectivity index (χ1) is 21.6. The minimum absolute atomic E-state index is 0.0801. The van der Waals surface area contributed by atoms with Gasteiger partial charge in [-0.25, -0.2) is 13.8 Å². The Morgan fingerprint density at radius 2 is 1.93 bits per heavy atom. The number of nitrogens with one attached hydrogen (secondary N) is 1. The molecule has 242 valence electrons. The molecule has 4 aromatic rings. The van der Waals surface area contributed by atoms with Gasteiger partial charge in [-0.05, 0) is 44.0 Å². The molecule has 16 heteroatoms. The summed E-state index contributed by atoms with van der Waals surface area (Å²) in [6.45, 7) is -0.624. The maximum absolute atomic E-state index is 14.8. The van der Waals surface area contributed by atoms with Crippen molar-refractivity contribution in [1.82, 2.24) is 20.1 Å². The number of aromatic nitrogens is 3. The van der Waals surface area contributed by atoms with E-state index in [1.165, 1.54) is 26.2 Å². The molecule has 2 amide bonds. The van der Waals surface area contributed by atoms with Gasteiger partial charge in [-0.3, -0.25) is 14.3 Å². The van der Waals surface area contributed by atoms with E-state index in [4.69, 9.17) is 26.8 Å². The highest BCUT2D eigenvalue weighted by molar-refractivity contribution is 6.33. The fourth-order valence-corrected chi connectivity index (χ4v) is 5.49. The van der Waals surface area contributed by atoms with Crippen LogP contribution >= 0.6 is 11.6 Å². The summed E-state index contributed by atoms with van der Waals surface area (Å²) in [7, 11) is 1.35. The van der Waals surface area contributed by atoms with Crippen LogP contribution in [0.25, 0.3) is 22.2 Å². The van der Waals surface area contributed by atoms with Gasteiger partial charge < -0.3 is 25.6 Å². The van der Waals surface area contributed by atoms with Crippen LogP contribution in [0.3, 0.4) is 0 Å². The van der Waals surface area contributed by atoms with Crippen LogP contribution in [0.4, 0.5) is 22.0 Å². The third-order valence-corrected chi connectivity index (χ3v) is 8.64. The van der Waals surface area contributed by atoms with Crippen molar-refractivity contribution < 1.29 is 46.1 Å². The molecular formula is C30H25ClF5N5O5. The van der Waals surface area contributed by atoms with Crippen molar-refractivity contribution in [3.63, 3.8) is 0 Å². The van der Waals surface area contributed by atoms with Gasteiger partial charge in [0.25, 0.3) is 5.91 Å². The van der Waals surface area contributed by atoms with Gasteiger partial charge >= 0.3 is 6.18 Å². The fraction of sp³-hybridized carbons (Fsp3) is 0.333. The molecule has 1 unspecified atom stereocenters. The molecule has 4 N–H and O–H groups in total. The summed E-state index contributed by atoms with van der Waals surface area (Å²) in [6.07, 6.45) is -1.91. The second-order valence-corrected chi connectivity index (χ2v) is 11.8. The smallest absolute Gasteiger partial charge is 0.424 e. The average Bonchev–Trinajstić information content (AvgIpc) is 3.67. The predicted molar refractivity (Wildman–Crippen MR) is 153 cm³/mol. The Bertz CT molecular complexity index is 1930. The molecule has 10 nitrogen and oxygen atoms in total. The minimum Gasteiger partial charge on any atom is -0.494 e. The molecule has 2 aromatic heterocycles.